The van der Waals surface area contributed by atoms with Gasteiger partial charge in [-0.2, -0.15) is 0 Å². The summed E-state index contributed by atoms with van der Waals surface area (Å²) in [5, 5.41) is -0.281. The largest absolute Gasteiger partial charge is 0.309 e. The molecule has 20 heavy (non-hydrogen) atoms. The van der Waals surface area contributed by atoms with Gasteiger partial charge < -0.3 is 4.90 Å². The smallest absolute Gasteiger partial charge is 0.240 e. The highest BCUT2D eigenvalue weighted by Crippen LogP contribution is 2.29. The van der Waals surface area contributed by atoms with Crippen LogP contribution in [0.4, 0.5) is 10.1 Å². The van der Waals surface area contributed by atoms with Crippen molar-refractivity contribution in [3.05, 3.63) is 30.1 Å². The third-order valence-electron chi connectivity index (χ3n) is 3.07. The van der Waals surface area contributed by atoms with Gasteiger partial charge in [0.25, 0.3) is 0 Å². The van der Waals surface area contributed by atoms with Gasteiger partial charge in [-0.3, -0.25) is 4.79 Å². The number of hydrogen-bond donors (Lipinski definition) is 0. The van der Waals surface area contributed by atoms with E-state index in [4.69, 9.17) is 0 Å². The van der Waals surface area contributed by atoms with Crippen LogP contribution in [0.25, 0.3) is 0 Å². The molecular formula is C13H16FNO3S2. The lowest BCUT2D eigenvalue weighted by atomic mass is 10.3. The zero-order valence-electron chi connectivity index (χ0n) is 11.1. The quantitative estimate of drug-likeness (QED) is 0.829. The SMILES string of the molecule is CS(=O)(=O)CCS[C@@H]1CCN(c2ccccc2F)C1=O. The fourth-order valence-electron chi connectivity index (χ4n) is 2.06. The van der Waals surface area contributed by atoms with Crippen LogP contribution >= 0.6 is 11.8 Å². The van der Waals surface area contributed by atoms with Crippen LogP contribution in [-0.4, -0.2) is 43.9 Å². The number of amides is 1. The second-order valence-electron chi connectivity index (χ2n) is 4.72. The second-order valence-corrected chi connectivity index (χ2v) is 8.29. The van der Waals surface area contributed by atoms with E-state index in [1.165, 1.54) is 29.0 Å². The summed E-state index contributed by atoms with van der Waals surface area (Å²) in [7, 11) is -3.01. The van der Waals surface area contributed by atoms with E-state index in [1.807, 2.05) is 0 Å². The molecule has 1 amide bonds. The number of halogens is 1. The van der Waals surface area contributed by atoms with Crippen molar-refractivity contribution in [2.24, 2.45) is 0 Å². The van der Waals surface area contributed by atoms with Crippen molar-refractivity contribution in [3.63, 3.8) is 0 Å². The Morgan fingerprint density at radius 3 is 2.75 bits per heavy atom. The fourth-order valence-corrected chi connectivity index (χ4v) is 4.48. The second kappa shape index (κ2) is 6.13. The Labute approximate surface area is 122 Å². The number of anilines is 1. The Morgan fingerprint density at radius 1 is 1.40 bits per heavy atom. The van der Waals surface area contributed by atoms with Gasteiger partial charge in [0.15, 0.2) is 0 Å². The minimum absolute atomic E-state index is 0.0567. The lowest BCUT2D eigenvalue weighted by Crippen LogP contribution is -2.29. The van der Waals surface area contributed by atoms with Crippen LogP contribution in [0.15, 0.2) is 24.3 Å². The number of sulfone groups is 1. The fraction of sp³-hybridized carbons (Fsp3) is 0.462. The van der Waals surface area contributed by atoms with Crippen molar-refractivity contribution in [1.82, 2.24) is 0 Å². The normalized spacial score (nSPS) is 19.6. The third-order valence-corrected chi connectivity index (χ3v) is 5.56. The van der Waals surface area contributed by atoms with Gasteiger partial charge in [0, 0.05) is 18.6 Å². The van der Waals surface area contributed by atoms with Crippen LogP contribution < -0.4 is 4.90 Å². The molecule has 0 aliphatic carbocycles. The summed E-state index contributed by atoms with van der Waals surface area (Å²) < 4.78 is 35.8. The van der Waals surface area contributed by atoms with Crippen LogP contribution in [0.2, 0.25) is 0 Å². The zero-order valence-corrected chi connectivity index (χ0v) is 12.7. The first kappa shape index (κ1) is 15.3. The zero-order chi connectivity index (χ0) is 14.8. The summed E-state index contributed by atoms with van der Waals surface area (Å²) in [6.45, 7) is 0.469. The predicted octanol–water partition coefficient (Wildman–Crippen LogP) is 1.71. The highest BCUT2D eigenvalue weighted by atomic mass is 32.2. The first-order valence-corrected chi connectivity index (χ1v) is 9.34. The summed E-state index contributed by atoms with van der Waals surface area (Å²) in [4.78, 5) is 13.6. The molecule has 0 spiro atoms. The molecule has 1 aromatic rings. The number of hydrogen-bond acceptors (Lipinski definition) is 4. The molecule has 1 fully saturated rings. The molecule has 0 aromatic heterocycles. The highest BCUT2D eigenvalue weighted by molar-refractivity contribution is 8.01. The van der Waals surface area contributed by atoms with Crippen molar-refractivity contribution in [2.75, 3.05) is 29.2 Å². The molecule has 0 bridgehead atoms. The number of carbonyl (C=O) groups excluding carboxylic acids is 1. The minimum atomic E-state index is -3.01. The van der Waals surface area contributed by atoms with E-state index in [1.54, 1.807) is 18.2 Å². The van der Waals surface area contributed by atoms with E-state index in [-0.39, 0.29) is 16.9 Å². The van der Waals surface area contributed by atoms with E-state index in [9.17, 15) is 17.6 Å². The van der Waals surface area contributed by atoms with Crippen LogP contribution in [0, 0.1) is 5.82 Å². The molecule has 1 saturated heterocycles. The molecule has 0 radical (unpaired) electrons. The predicted molar refractivity (Wildman–Crippen MR) is 79.3 cm³/mol. The van der Waals surface area contributed by atoms with Crippen molar-refractivity contribution < 1.29 is 17.6 Å². The Bertz CT molecular complexity index is 603. The van der Waals surface area contributed by atoms with E-state index < -0.39 is 15.7 Å². The van der Waals surface area contributed by atoms with Gasteiger partial charge >= 0.3 is 0 Å². The number of para-hydroxylation sites is 1. The van der Waals surface area contributed by atoms with Crippen molar-refractivity contribution >= 4 is 33.2 Å². The number of nitrogens with zero attached hydrogens (tertiary/aromatic N) is 1. The van der Waals surface area contributed by atoms with Crippen molar-refractivity contribution in [1.29, 1.82) is 0 Å². The maximum absolute atomic E-state index is 13.7. The lowest BCUT2D eigenvalue weighted by molar-refractivity contribution is -0.116. The standard InChI is InChI=1S/C13H16FNO3S2/c1-20(17,18)9-8-19-12-6-7-15(13(12)16)11-5-3-2-4-10(11)14/h2-5,12H,6-9H2,1H3/t12-/m1/s1. The molecule has 110 valence electrons. The average molecular weight is 317 g/mol. The minimum Gasteiger partial charge on any atom is -0.309 e. The van der Waals surface area contributed by atoms with Crippen molar-refractivity contribution in [3.8, 4) is 0 Å². The number of carbonyl (C=O) groups is 1. The third kappa shape index (κ3) is 3.73. The number of thioether (sulfide) groups is 1. The monoisotopic (exact) mass is 317 g/mol. The Hall–Kier alpha value is -1.08. The molecule has 1 atom stereocenters. The van der Waals surface area contributed by atoms with Gasteiger partial charge in [-0.15, -0.1) is 11.8 Å². The molecule has 0 N–H and O–H groups in total. The summed E-state index contributed by atoms with van der Waals surface area (Å²) in [5.74, 6) is -0.113. The maximum Gasteiger partial charge on any atom is 0.240 e. The van der Waals surface area contributed by atoms with Gasteiger partial charge in [0.2, 0.25) is 5.91 Å². The number of rotatable bonds is 5. The Balaban J connectivity index is 1.98. The van der Waals surface area contributed by atoms with Crippen molar-refractivity contribution in [2.45, 2.75) is 11.7 Å². The van der Waals surface area contributed by atoms with Crippen LogP contribution in [0.1, 0.15) is 6.42 Å². The molecule has 1 aliphatic heterocycles. The highest BCUT2D eigenvalue weighted by Gasteiger charge is 2.33. The van der Waals surface area contributed by atoms with Gasteiger partial charge in [-0.25, -0.2) is 12.8 Å². The van der Waals surface area contributed by atoms with Gasteiger partial charge in [-0.05, 0) is 18.6 Å². The first-order valence-electron chi connectivity index (χ1n) is 6.24. The van der Waals surface area contributed by atoms with Crippen LogP contribution in [0.5, 0.6) is 0 Å². The molecule has 0 unspecified atom stereocenters. The van der Waals surface area contributed by atoms with Gasteiger partial charge in [0.1, 0.15) is 15.7 Å². The summed E-state index contributed by atoms with van der Waals surface area (Å²) in [5.41, 5.74) is 0.295. The molecule has 1 heterocycles. The molecule has 2 rings (SSSR count). The van der Waals surface area contributed by atoms with Crippen LogP contribution in [-0.2, 0) is 14.6 Å². The molecule has 4 nitrogen and oxygen atoms in total. The topological polar surface area (TPSA) is 54.5 Å². The van der Waals surface area contributed by atoms with E-state index in [0.29, 0.717) is 24.4 Å². The Morgan fingerprint density at radius 2 is 2.10 bits per heavy atom. The molecular weight excluding hydrogens is 301 g/mol. The van der Waals surface area contributed by atoms with Gasteiger partial charge in [-0.1, -0.05) is 12.1 Å². The molecule has 7 heteroatoms. The maximum atomic E-state index is 13.7. The number of benzene rings is 1. The summed E-state index contributed by atoms with van der Waals surface area (Å²) >= 11 is 1.33. The van der Waals surface area contributed by atoms with E-state index in [0.717, 1.165) is 0 Å². The average Bonchev–Trinajstić information content (AvgIpc) is 2.70. The van der Waals surface area contributed by atoms with Gasteiger partial charge in [0.05, 0.1) is 16.7 Å². The van der Waals surface area contributed by atoms with Crippen LogP contribution in [0.3, 0.4) is 0 Å². The molecule has 1 aromatic carbocycles. The molecule has 0 saturated carbocycles. The lowest BCUT2D eigenvalue weighted by Gasteiger charge is -2.17. The van der Waals surface area contributed by atoms with E-state index in [2.05, 4.69) is 0 Å². The first-order chi connectivity index (χ1) is 9.38. The molecule has 1 aliphatic rings. The summed E-state index contributed by atoms with van der Waals surface area (Å²) in [6, 6.07) is 6.18. The summed E-state index contributed by atoms with van der Waals surface area (Å²) in [6.07, 6.45) is 1.79. The Kier molecular flexibility index (Phi) is 4.70. The van der Waals surface area contributed by atoms with E-state index >= 15 is 0 Å².